The Labute approximate surface area is 177 Å². The number of hydrogen-bond acceptors (Lipinski definition) is 5. The van der Waals surface area contributed by atoms with Crippen molar-refractivity contribution in [1.82, 2.24) is 0 Å². The number of rotatable bonds is 5. The molecule has 3 aromatic carbocycles. The Morgan fingerprint density at radius 3 is 2.63 bits per heavy atom. The zero-order valence-corrected chi connectivity index (χ0v) is 17.3. The molecule has 4 rings (SSSR count). The molecule has 0 unspecified atom stereocenters. The van der Waals surface area contributed by atoms with Gasteiger partial charge in [-0.15, -0.1) is 0 Å². The number of halogens is 1. The molecule has 5 nitrogen and oxygen atoms in total. The first-order valence-corrected chi connectivity index (χ1v) is 9.78. The number of benzene rings is 3. The summed E-state index contributed by atoms with van der Waals surface area (Å²) in [6, 6.07) is 17.4. The van der Waals surface area contributed by atoms with Gasteiger partial charge in [-0.1, -0.05) is 54.1 Å². The molecule has 0 aliphatic heterocycles. The number of carbonyl (C=O) groups excluding carboxylic acids is 1. The second kappa shape index (κ2) is 8.20. The summed E-state index contributed by atoms with van der Waals surface area (Å²) in [4.78, 5) is 24.0. The minimum Gasteiger partial charge on any atom is -0.487 e. The van der Waals surface area contributed by atoms with E-state index in [0.717, 1.165) is 16.3 Å². The lowest BCUT2D eigenvalue weighted by molar-refractivity contribution is -0.139. The normalized spacial score (nSPS) is 11.0. The lowest BCUT2D eigenvalue weighted by atomic mass is 10.0. The highest BCUT2D eigenvalue weighted by atomic mass is 35.5. The highest BCUT2D eigenvalue weighted by Crippen LogP contribution is 2.33. The molecule has 30 heavy (non-hydrogen) atoms. The second-order valence-electron chi connectivity index (χ2n) is 6.95. The molecule has 1 heterocycles. The van der Waals surface area contributed by atoms with Crippen LogP contribution in [0, 0.1) is 6.92 Å². The van der Waals surface area contributed by atoms with Gasteiger partial charge >= 0.3 is 11.6 Å². The maximum atomic E-state index is 12.4. The van der Waals surface area contributed by atoms with Crippen LogP contribution in [-0.4, -0.2) is 13.1 Å². The van der Waals surface area contributed by atoms with E-state index < -0.39 is 11.6 Å². The molecule has 6 heteroatoms. The summed E-state index contributed by atoms with van der Waals surface area (Å²) in [5.41, 5.74) is 1.69. The van der Waals surface area contributed by atoms with Crippen LogP contribution in [0.25, 0.3) is 21.7 Å². The first-order valence-electron chi connectivity index (χ1n) is 9.40. The lowest BCUT2D eigenvalue weighted by Crippen LogP contribution is -2.16. The number of fused-ring (bicyclic) bond motifs is 2. The molecule has 152 valence electrons. The number of carbonyl (C=O) groups is 1. The van der Waals surface area contributed by atoms with Crippen LogP contribution in [0.5, 0.6) is 5.75 Å². The van der Waals surface area contributed by atoms with Gasteiger partial charge in [0.15, 0.2) is 0 Å². The Bertz CT molecular complexity index is 1320. The van der Waals surface area contributed by atoms with Crippen LogP contribution in [0.4, 0.5) is 0 Å². The third-order valence-electron chi connectivity index (χ3n) is 5.15. The van der Waals surface area contributed by atoms with Gasteiger partial charge in [0.25, 0.3) is 0 Å². The molecule has 0 N–H and O–H groups in total. The molecule has 0 saturated heterocycles. The van der Waals surface area contributed by atoms with Crippen molar-refractivity contribution in [2.45, 2.75) is 20.0 Å². The SMILES string of the molecule is COC(=O)Cc1c(C)c2cc(Cl)c(OCc3cccc4ccccc34)cc2oc1=O. The predicted molar refractivity (Wildman–Crippen MR) is 116 cm³/mol. The van der Waals surface area contributed by atoms with Gasteiger partial charge in [-0.05, 0) is 34.9 Å². The van der Waals surface area contributed by atoms with Crippen LogP contribution in [-0.2, 0) is 22.6 Å². The van der Waals surface area contributed by atoms with Gasteiger partial charge < -0.3 is 13.9 Å². The maximum Gasteiger partial charge on any atom is 0.340 e. The van der Waals surface area contributed by atoms with Crippen molar-refractivity contribution in [3.8, 4) is 5.75 Å². The summed E-state index contributed by atoms with van der Waals surface area (Å²) >= 11 is 6.45. The molecule has 4 aromatic rings. The van der Waals surface area contributed by atoms with Crippen molar-refractivity contribution < 1.29 is 18.7 Å². The largest absolute Gasteiger partial charge is 0.487 e. The number of esters is 1. The van der Waals surface area contributed by atoms with Crippen molar-refractivity contribution >= 4 is 39.3 Å². The first-order chi connectivity index (χ1) is 14.5. The van der Waals surface area contributed by atoms with Gasteiger partial charge in [-0.25, -0.2) is 4.79 Å². The summed E-state index contributed by atoms with van der Waals surface area (Å²) in [7, 11) is 1.27. The number of aryl methyl sites for hydroxylation is 1. The van der Waals surface area contributed by atoms with E-state index in [4.69, 9.17) is 20.8 Å². The summed E-state index contributed by atoms with van der Waals surface area (Å²) < 4.78 is 16.1. The van der Waals surface area contributed by atoms with E-state index in [1.54, 1.807) is 19.1 Å². The quantitative estimate of drug-likeness (QED) is 0.326. The van der Waals surface area contributed by atoms with Crippen LogP contribution >= 0.6 is 11.6 Å². The first kappa shape index (κ1) is 20.0. The Balaban J connectivity index is 1.68. The molecule has 0 bridgehead atoms. The Kier molecular flexibility index (Phi) is 5.46. The van der Waals surface area contributed by atoms with Gasteiger partial charge in [-0.2, -0.15) is 0 Å². The minimum atomic E-state index is -0.576. The topological polar surface area (TPSA) is 65.7 Å². The van der Waals surface area contributed by atoms with Gasteiger partial charge in [0, 0.05) is 11.5 Å². The van der Waals surface area contributed by atoms with Crippen LogP contribution < -0.4 is 10.4 Å². The van der Waals surface area contributed by atoms with E-state index in [1.165, 1.54) is 7.11 Å². The third-order valence-corrected chi connectivity index (χ3v) is 5.45. The minimum absolute atomic E-state index is 0.155. The Morgan fingerprint density at radius 2 is 1.83 bits per heavy atom. The third kappa shape index (κ3) is 3.76. The van der Waals surface area contributed by atoms with Gasteiger partial charge in [0.2, 0.25) is 0 Å². The van der Waals surface area contributed by atoms with Crippen molar-refractivity contribution in [1.29, 1.82) is 0 Å². The van der Waals surface area contributed by atoms with Crippen LogP contribution in [0.3, 0.4) is 0 Å². The fourth-order valence-corrected chi connectivity index (χ4v) is 3.71. The number of methoxy groups -OCH3 is 1. The van der Waals surface area contributed by atoms with Gasteiger partial charge in [-0.3, -0.25) is 4.79 Å². The zero-order chi connectivity index (χ0) is 21.3. The van der Waals surface area contributed by atoms with E-state index in [-0.39, 0.29) is 12.0 Å². The lowest BCUT2D eigenvalue weighted by Gasteiger charge is -2.12. The second-order valence-corrected chi connectivity index (χ2v) is 7.36. The molecule has 0 fully saturated rings. The molecule has 0 saturated carbocycles. The molecule has 0 radical (unpaired) electrons. The van der Waals surface area contributed by atoms with E-state index in [2.05, 4.69) is 4.74 Å². The van der Waals surface area contributed by atoms with E-state index in [0.29, 0.717) is 33.9 Å². The van der Waals surface area contributed by atoms with E-state index in [1.807, 2.05) is 42.5 Å². The Hall–Kier alpha value is -3.31. The van der Waals surface area contributed by atoms with Crippen molar-refractivity contribution in [3.05, 3.63) is 86.7 Å². The smallest absolute Gasteiger partial charge is 0.340 e. The number of hydrogen-bond donors (Lipinski definition) is 0. The average Bonchev–Trinajstić information content (AvgIpc) is 2.75. The fourth-order valence-electron chi connectivity index (χ4n) is 3.50. The Morgan fingerprint density at radius 1 is 1.07 bits per heavy atom. The van der Waals surface area contributed by atoms with Crippen LogP contribution in [0.2, 0.25) is 5.02 Å². The highest BCUT2D eigenvalue weighted by Gasteiger charge is 2.17. The summed E-state index contributed by atoms with van der Waals surface area (Å²) in [6.45, 7) is 2.07. The molecule has 0 atom stereocenters. The molecule has 0 spiro atoms. The van der Waals surface area contributed by atoms with Crippen molar-refractivity contribution in [2.75, 3.05) is 7.11 Å². The maximum absolute atomic E-state index is 12.4. The zero-order valence-electron chi connectivity index (χ0n) is 16.5. The predicted octanol–water partition coefficient (Wildman–Crippen LogP) is 5.20. The monoisotopic (exact) mass is 422 g/mol. The van der Waals surface area contributed by atoms with E-state index in [9.17, 15) is 9.59 Å². The van der Waals surface area contributed by atoms with Crippen LogP contribution in [0.15, 0.2) is 63.8 Å². The van der Waals surface area contributed by atoms with Crippen molar-refractivity contribution in [3.63, 3.8) is 0 Å². The molecular weight excluding hydrogens is 404 g/mol. The van der Waals surface area contributed by atoms with Crippen LogP contribution in [0.1, 0.15) is 16.7 Å². The summed E-state index contributed by atoms with van der Waals surface area (Å²) in [5, 5.41) is 3.27. The molecule has 0 aliphatic rings. The molecule has 1 aromatic heterocycles. The summed E-state index contributed by atoms with van der Waals surface area (Å²) in [6.07, 6.45) is -0.155. The fraction of sp³-hybridized carbons (Fsp3) is 0.167. The van der Waals surface area contributed by atoms with E-state index >= 15 is 0 Å². The van der Waals surface area contributed by atoms with Gasteiger partial charge in [0.1, 0.15) is 17.9 Å². The highest BCUT2D eigenvalue weighted by molar-refractivity contribution is 6.32. The standard InChI is InChI=1S/C24H19ClO5/c1-14-18-10-20(25)22(12-21(18)30-24(27)19(14)11-23(26)28-2)29-13-16-8-5-7-15-6-3-4-9-17(15)16/h3-10,12H,11,13H2,1-2H3. The van der Waals surface area contributed by atoms with Crippen molar-refractivity contribution in [2.24, 2.45) is 0 Å². The van der Waals surface area contributed by atoms with Gasteiger partial charge in [0.05, 0.1) is 24.1 Å². The average molecular weight is 423 g/mol. The molecule has 0 amide bonds. The summed E-state index contributed by atoms with van der Waals surface area (Å²) in [5.74, 6) is -0.0914. The molecular formula is C24H19ClO5. The molecule has 0 aliphatic carbocycles. The number of ether oxygens (including phenoxy) is 2.